The lowest BCUT2D eigenvalue weighted by molar-refractivity contribution is -0.117. The molecule has 26 heavy (non-hydrogen) atoms. The lowest BCUT2D eigenvalue weighted by Gasteiger charge is -2.32. The number of ether oxygens (including phenoxy) is 1. The Balaban J connectivity index is 2.16. The maximum Gasteiger partial charge on any atom is 0.469 e. The van der Waals surface area contributed by atoms with Crippen molar-refractivity contribution in [1.82, 2.24) is 10.2 Å². The minimum Gasteiger partial charge on any atom is -0.387 e. The standard InChI is InChI=1S/C14H22N3O8P/c1-4-9-5-17(7(2)15-13(9)16-8(3)18)14-12(20)11(19)10(25-14)6-24-26(21,22)23/h5,10-12,14,19-20H,2,4,6H2,1,3H3,(H,15,16,18)(H2,21,22,23)/t10-,11-,12-,14-/m1/s1. The molecule has 0 aromatic carbocycles. The van der Waals surface area contributed by atoms with E-state index in [0.717, 1.165) is 0 Å². The molecule has 1 saturated heterocycles. The SMILES string of the molecule is C=C1N=C(NC(C)=O)C(CC)=CN1[C@@H]1O[C@H](COP(=O)(O)O)[C@@H](O)[C@H]1O. The molecule has 11 nitrogen and oxygen atoms in total. The predicted molar refractivity (Wildman–Crippen MR) is 89.3 cm³/mol. The smallest absolute Gasteiger partial charge is 0.387 e. The number of rotatable bonds is 5. The van der Waals surface area contributed by atoms with Gasteiger partial charge in [-0.3, -0.25) is 9.32 Å². The number of amides is 1. The van der Waals surface area contributed by atoms with E-state index in [1.165, 1.54) is 11.8 Å². The number of carbonyl (C=O) groups excluding carboxylic acids is 1. The van der Waals surface area contributed by atoms with E-state index in [2.05, 4.69) is 21.4 Å². The van der Waals surface area contributed by atoms with Crippen LogP contribution in [-0.4, -0.2) is 67.8 Å². The second-order valence-electron chi connectivity index (χ2n) is 5.81. The lowest BCUT2D eigenvalue weighted by Crippen LogP contribution is -2.43. The number of aliphatic hydroxyl groups excluding tert-OH is 2. The Morgan fingerprint density at radius 2 is 2.12 bits per heavy atom. The number of aliphatic imine (C=N–C) groups is 1. The molecule has 0 spiro atoms. The zero-order chi connectivity index (χ0) is 19.6. The Hall–Kier alpha value is -1.59. The molecule has 2 aliphatic rings. The molecule has 0 unspecified atom stereocenters. The number of aliphatic hydroxyl groups is 2. The van der Waals surface area contributed by atoms with Crippen molar-refractivity contribution < 1.29 is 38.6 Å². The fourth-order valence-corrected chi connectivity index (χ4v) is 2.92. The van der Waals surface area contributed by atoms with Crippen LogP contribution in [0.4, 0.5) is 0 Å². The monoisotopic (exact) mass is 391 g/mol. The van der Waals surface area contributed by atoms with E-state index in [0.29, 0.717) is 17.8 Å². The van der Waals surface area contributed by atoms with Crippen LogP contribution >= 0.6 is 7.82 Å². The van der Waals surface area contributed by atoms with Crippen LogP contribution in [0.2, 0.25) is 0 Å². The molecular formula is C14H22N3O8P. The number of hydrogen-bond acceptors (Lipinski definition) is 8. The number of amidine groups is 1. The quantitative estimate of drug-likeness (QED) is 0.376. The third-order valence-corrected chi connectivity index (χ3v) is 4.32. The second kappa shape index (κ2) is 7.97. The highest BCUT2D eigenvalue weighted by Crippen LogP contribution is 2.38. The molecule has 2 rings (SSSR count). The van der Waals surface area contributed by atoms with Crippen LogP contribution in [0, 0.1) is 0 Å². The van der Waals surface area contributed by atoms with Gasteiger partial charge in [-0.05, 0) is 6.42 Å². The van der Waals surface area contributed by atoms with E-state index in [4.69, 9.17) is 14.5 Å². The van der Waals surface area contributed by atoms with Gasteiger partial charge in [0.25, 0.3) is 0 Å². The van der Waals surface area contributed by atoms with E-state index in [-0.39, 0.29) is 11.7 Å². The van der Waals surface area contributed by atoms with E-state index in [9.17, 15) is 19.6 Å². The first-order valence-corrected chi connectivity index (χ1v) is 9.32. The molecule has 0 aromatic heterocycles. The van der Waals surface area contributed by atoms with Crippen molar-refractivity contribution in [3.8, 4) is 0 Å². The van der Waals surface area contributed by atoms with E-state index in [1.807, 2.05) is 6.92 Å². The number of nitrogens with one attached hydrogen (secondary N) is 1. The predicted octanol–water partition coefficient (Wildman–Crippen LogP) is -0.842. The summed E-state index contributed by atoms with van der Waals surface area (Å²) in [5.41, 5.74) is 0.646. The molecule has 2 aliphatic heterocycles. The molecule has 0 radical (unpaired) electrons. The molecule has 12 heteroatoms. The Labute approximate surface area is 149 Å². The fraction of sp³-hybridized carbons (Fsp3) is 0.571. The average Bonchev–Trinajstić information content (AvgIpc) is 2.80. The van der Waals surface area contributed by atoms with Crippen molar-refractivity contribution in [1.29, 1.82) is 0 Å². The van der Waals surface area contributed by atoms with Crippen LogP contribution in [0.25, 0.3) is 0 Å². The van der Waals surface area contributed by atoms with Crippen molar-refractivity contribution in [2.75, 3.05) is 6.61 Å². The van der Waals surface area contributed by atoms with Crippen LogP contribution in [0.3, 0.4) is 0 Å². The normalized spacial score (nSPS) is 29.5. The van der Waals surface area contributed by atoms with Crippen molar-refractivity contribution in [3.63, 3.8) is 0 Å². The van der Waals surface area contributed by atoms with Crippen molar-refractivity contribution in [2.24, 2.45) is 4.99 Å². The van der Waals surface area contributed by atoms with Crippen molar-refractivity contribution in [2.45, 2.75) is 44.8 Å². The van der Waals surface area contributed by atoms with Crippen molar-refractivity contribution >= 4 is 19.6 Å². The van der Waals surface area contributed by atoms with Crippen molar-refractivity contribution in [3.05, 3.63) is 24.2 Å². The highest BCUT2D eigenvalue weighted by Gasteiger charge is 2.47. The van der Waals surface area contributed by atoms with Gasteiger partial charge in [0.05, 0.1) is 6.61 Å². The minimum absolute atomic E-state index is 0.152. The number of nitrogens with zero attached hydrogens (tertiary/aromatic N) is 2. The molecule has 5 N–H and O–H groups in total. The largest absolute Gasteiger partial charge is 0.469 e. The Morgan fingerprint density at radius 3 is 2.65 bits per heavy atom. The second-order valence-corrected chi connectivity index (χ2v) is 7.04. The van der Waals surface area contributed by atoms with Gasteiger partial charge in [-0.1, -0.05) is 13.5 Å². The molecule has 0 aromatic rings. The highest BCUT2D eigenvalue weighted by molar-refractivity contribution is 7.46. The van der Waals surface area contributed by atoms with Crippen LogP contribution in [0.1, 0.15) is 20.3 Å². The van der Waals surface area contributed by atoms with Gasteiger partial charge < -0.3 is 35.0 Å². The summed E-state index contributed by atoms with van der Waals surface area (Å²) in [6, 6.07) is 0. The van der Waals surface area contributed by atoms with Gasteiger partial charge in [-0.25, -0.2) is 9.56 Å². The first kappa shape index (κ1) is 20.7. The summed E-state index contributed by atoms with van der Waals surface area (Å²) >= 11 is 0. The molecule has 2 heterocycles. The fourth-order valence-electron chi connectivity index (χ4n) is 2.58. The third-order valence-electron chi connectivity index (χ3n) is 3.83. The molecule has 0 bridgehead atoms. The maximum atomic E-state index is 11.3. The van der Waals surface area contributed by atoms with Gasteiger partial charge in [0, 0.05) is 18.7 Å². The number of phosphoric ester groups is 1. The molecule has 146 valence electrons. The lowest BCUT2D eigenvalue weighted by atomic mass is 10.1. The maximum absolute atomic E-state index is 11.3. The van der Waals surface area contributed by atoms with Gasteiger partial charge in [-0.15, -0.1) is 0 Å². The van der Waals surface area contributed by atoms with Gasteiger partial charge >= 0.3 is 7.82 Å². The zero-order valence-electron chi connectivity index (χ0n) is 14.3. The van der Waals surface area contributed by atoms with Crippen LogP contribution in [0.5, 0.6) is 0 Å². The number of phosphoric acid groups is 1. The van der Waals surface area contributed by atoms with Crippen LogP contribution in [0.15, 0.2) is 29.2 Å². The Bertz CT molecular complexity index is 688. The molecule has 4 atom stereocenters. The summed E-state index contributed by atoms with van der Waals surface area (Å²) in [7, 11) is -4.74. The molecule has 0 aliphatic carbocycles. The molecular weight excluding hydrogens is 369 g/mol. The summed E-state index contributed by atoms with van der Waals surface area (Å²) < 4.78 is 20.6. The van der Waals surface area contributed by atoms with Gasteiger partial charge in [0.15, 0.2) is 6.23 Å². The summed E-state index contributed by atoms with van der Waals surface area (Å²) in [6.07, 6.45) is -2.99. The number of hydrogen-bond donors (Lipinski definition) is 5. The zero-order valence-corrected chi connectivity index (χ0v) is 15.2. The van der Waals surface area contributed by atoms with Crippen LogP contribution < -0.4 is 5.32 Å². The molecule has 1 fully saturated rings. The average molecular weight is 391 g/mol. The van der Waals surface area contributed by atoms with E-state index in [1.54, 1.807) is 6.20 Å². The summed E-state index contributed by atoms with van der Waals surface area (Å²) in [5, 5.41) is 22.9. The first-order chi connectivity index (χ1) is 12.0. The Kier molecular flexibility index (Phi) is 6.35. The number of carbonyl (C=O) groups is 1. The summed E-state index contributed by atoms with van der Waals surface area (Å²) in [4.78, 5) is 34.4. The molecule has 0 saturated carbocycles. The summed E-state index contributed by atoms with van der Waals surface area (Å²) in [6.45, 7) is 6.33. The first-order valence-electron chi connectivity index (χ1n) is 7.79. The minimum atomic E-state index is -4.74. The third kappa shape index (κ3) is 4.77. The van der Waals surface area contributed by atoms with E-state index >= 15 is 0 Å². The topological polar surface area (TPSA) is 161 Å². The Morgan fingerprint density at radius 1 is 1.46 bits per heavy atom. The highest BCUT2D eigenvalue weighted by atomic mass is 31.2. The van der Waals surface area contributed by atoms with Crippen LogP contribution in [-0.2, 0) is 18.6 Å². The molecule has 1 amide bonds. The van der Waals surface area contributed by atoms with Gasteiger partial charge in [0.2, 0.25) is 5.91 Å². The van der Waals surface area contributed by atoms with E-state index < -0.39 is 39.0 Å². The van der Waals surface area contributed by atoms with Gasteiger partial charge in [-0.2, -0.15) is 0 Å². The van der Waals surface area contributed by atoms with Gasteiger partial charge in [0.1, 0.15) is 30.0 Å². The summed E-state index contributed by atoms with van der Waals surface area (Å²) in [5.74, 6) is 0.181.